The highest BCUT2D eigenvalue weighted by molar-refractivity contribution is 8.00. The summed E-state index contributed by atoms with van der Waals surface area (Å²) in [6, 6.07) is 1.76. The average molecular weight is 281 g/mol. The van der Waals surface area contributed by atoms with Crippen molar-refractivity contribution < 1.29 is 4.79 Å². The van der Waals surface area contributed by atoms with Crippen molar-refractivity contribution in [1.29, 1.82) is 0 Å². The summed E-state index contributed by atoms with van der Waals surface area (Å²) in [6.45, 7) is 5.87. The first-order chi connectivity index (χ1) is 9.04. The highest BCUT2D eigenvalue weighted by Crippen LogP contribution is 2.36. The van der Waals surface area contributed by atoms with Gasteiger partial charge in [-0.1, -0.05) is 6.92 Å². The summed E-state index contributed by atoms with van der Waals surface area (Å²) in [6.07, 6.45) is 5.25. The van der Waals surface area contributed by atoms with Crippen molar-refractivity contribution >= 4 is 23.4 Å². The SMILES string of the molecule is CCCn1cc(N)cc1C(=O)NCC1(C)CCCS1. The molecule has 3 N–H and O–H groups in total. The molecule has 0 aromatic carbocycles. The first-order valence-corrected chi connectivity index (χ1v) is 7.90. The fourth-order valence-electron chi connectivity index (χ4n) is 2.48. The van der Waals surface area contributed by atoms with Crippen LogP contribution in [0.4, 0.5) is 5.69 Å². The molecule has 1 aromatic heterocycles. The molecule has 0 aliphatic carbocycles. The first kappa shape index (κ1) is 14.3. The van der Waals surface area contributed by atoms with E-state index in [1.54, 1.807) is 6.07 Å². The maximum absolute atomic E-state index is 12.3. The number of thioether (sulfide) groups is 1. The van der Waals surface area contributed by atoms with Gasteiger partial charge in [0.1, 0.15) is 5.69 Å². The third-order valence-electron chi connectivity index (χ3n) is 3.54. The van der Waals surface area contributed by atoms with E-state index in [9.17, 15) is 4.79 Å². The lowest BCUT2D eigenvalue weighted by molar-refractivity contribution is 0.0940. The number of aromatic nitrogens is 1. The largest absolute Gasteiger partial charge is 0.397 e. The van der Waals surface area contributed by atoms with Crippen LogP contribution < -0.4 is 11.1 Å². The molecule has 0 saturated carbocycles. The van der Waals surface area contributed by atoms with Crippen LogP contribution in [-0.2, 0) is 6.54 Å². The summed E-state index contributed by atoms with van der Waals surface area (Å²) in [5, 5.41) is 3.06. The Morgan fingerprint density at radius 2 is 2.42 bits per heavy atom. The monoisotopic (exact) mass is 281 g/mol. The maximum Gasteiger partial charge on any atom is 0.268 e. The molecule has 0 spiro atoms. The van der Waals surface area contributed by atoms with Gasteiger partial charge < -0.3 is 15.6 Å². The lowest BCUT2D eigenvalue weighted by atomic mass is 10.1. The molecule has 1 aromatic rings. The van der Waals surface area contributed by atoms with E-state index < -0.39 is 0 Å². The zero-order valence-corrected chi connectivity index (χ0v) is 12.6. The molecule has 1 saturated heterocycles. The van der Waals surface area contributed by atoms with Crippen molar-refractivity contribution in [1.82, 2.24) is 9.88 Å². The van der Waals surface area contributed by atoms with E-state index in [1.165, 1.54) is 18.6 Å². The number of carbonyl (C=O) groups is 1. The third kappa shape index (κ3) is 3.47. The molecule has 1 fully saturated rings. The number of nitrogen functional groups attached to an aromatic ring is 1. The Balaban J connectivity index is 1.99. The minimum Gasteiger partial charge on any atom is -0.397 e. The molecule has 5 heteroatoms. The predicted octanol–water partition coefficient (Wildman–Crippen LogP) is 2.50. The van der Waals surface area contributed by atoms with Crippen molar-refractivity contribution in [2.24, 2.45) is 0 Å². The van der Waals surface area contributed by atoms with Crippen LogP contribution in [0.15, 0.2) is 12.3 Å². The summed E-state index contributed by atoms with van der Waals surface area (Å²) in [4.78, 5) is 12.3. The molecular formula is C14H23N3OS. The van der Waals surface area contributed by atoms with Crippen molar-refractivity contribution in [2.75, 3.05) is 18.0 Å². The van der Waals surface area contributed by atoms with Gasteiger partial charge in [0, 0.05) is 24.0 Å². The highest BCUT2D eigenvalue weighted by Gasteiger charge is 2.30. The molecule has 1 unspecified atom stereocenters. The number of amides is 1. The molecule has 19 heavy (non-hydrogen) atoms. The van der Waals surface area contributed by atoms with Gasteiger partial charge in [-0.15, -0.1) is 0 Å². The molecule has 0 radical (unpaired) electrons. The molecule has 2 heterocycles. The van der Waals surface area contributed by atoms with Gasteiger partial charge in [0.05, 0.1) is 5.69 Å². The van der Waals surface area contributed by atoms with E-state index in [1.807, 2.05) is 22.5 Å². The Hall–Kier alpha value is -1.10. The summed E-state index contributed by atoms with van der Waals surface area (Å²) in [5.41, 5.74) is 7.11. The lowest BCUT2D eigenvalue weighted by Gasteiger charge is -2.23. The summed E-state index contributed by atoms with van der Waals surface area (Å²) >= 11 is 1.96. The van der Waals surface area contributed by atoms with Crippen LogP contribution >= 0.6 is 11.8 Å². The van der Waals surface area contributed by atoms with E-state index in [0.717, 1.165) is 19.5 Å². The Morgan fingerprint density at radius 3 is 3.05 bits per heavy atom. The van der Waals surface area contributed by atoms with E-state index in [-0.39, 0.29) is 10.7 Å². The van der Waals surface area contributed by atoms with Gasteiger partial charge in [-0.2, -0.15) is 11.8 Å². The molecule has 2 rings (SSSR count). The molecule has 0 bridgehead atoms. The van der Waals surface area contributed by atoms with E-state index in [0.29, 0.717) is 11.4 Å². The fourth-order valence-corrected chi connectivity index (χ4v) is 3.73. The van der Waals surface area contributed by atoms with Crippen LogP contribution in [0.5, 0.6) is 0 Å². The fraction of sp³-hybridized carbons (Fsp3) is 0.643. The number of anilines is 1. The first-order valence-electron chi connectivity index (χ1n) is 6.92. The maximum atomic E-state index is 12.3. The molecule has 1 amide bonds. The lowest BCUT2D eigenvalue weighted by Crippen LogP contribution is -2.37. The van der Waals surface area contributed by atoms with Crippen molar-refractivity contribution in [3.8, 4) is 0 Å². The van der Waals surface area contributed by atoms with Crippen LogP contribution in [0.1, 0.15) is 43.6 Å². The van der Waals surface area contributed by atoms with Gasteiger partial charge in [0.15, 0.2) is 0 Å². The second kappa shape index (κ2) is 5.90. The standard InChI is InChI=1S/C14H23N3OS/c1-3-6-17-9-11(15)8-12(17)13(18)16-10-14(2)5-4-7-19-14/h8-9H,3-7,10,15H2,1-2H3,(H,16,18). The molecule has 4 nitrogen and oxygen atoms in total. The summed E-state index contributed by atoms with van der Waals surface area (Å²) < 4.78 is 2.14. The average Bonchev–Trinajstić information content (AvgIpc) is 2.94. The Labute approximate surface area is 119 Å². The summed E-state index contributed by atoms with van der Waals surface area (Å²) in [5.74, 6) is 1.19. The smallest absolute Gasteiger partial charge is 0.268 e. The second-order valence-corrected chi connectivity index (χ2v) is 7.12. The number of hydrogen-bond acceptors (Lipinski definition) is 3. The van der Waals surface area contributed by atoms with Crippen LogP contribution in [0, 0.1) is 0 Å². The van der Waals surface area contributed by atoms with Gasteiger partial charge in [-0.05, 0) is 38.0 Å². The predicted molar refractivity (Wildman–Crippen MR) is 81.6 cm³/mol. The topological polar surface area (TPSA) is 60.0 Å². The number of aryl methyl sites for hydroxylation is 1. The zero-order valence-electron chi connectivity index (χ0n) is 11.7. The highest BCUT2D eigenvalue weighted by atomic mass is 32.2. The Kier molecular flexibility index (Phi) is 4.45. The van der Waals surface area contributed by atoms with Gasteiger partial charge in [0.25, 0.3) is 5.91 Å². The zero-order chi connectivity index (χ0) is 13.9. The van der Waals surface area contributed by atoms with Crippen LogP contribution in [0.25, 0.3) is 0 Å². The molecule has 1 aliphatic rings. The molecular weight excluding hydrogens is 258 g/mol. The number of carbonyl (C=O) groups excluding carboxylic acids is 1. The molecule has 1 atom stereocenters. The summed E-state index contributed by atoms with van der Waals surface area (Å²) in [7, 11) is 0. The van der Waals surface area contributed by atoms with Gasteiger partial charge >= 0.3 is 0 Å². The van der Waals surface area contributed by atoms with Crippen molar-refractivity contribution in [3.63, 3.8) is 0 Å². The van der Waals surface area contributed by atoms with Gasteiger partial charge in [-0.3, -0.25) is 4.79 Å². The number of hydrogen-bond donors (Lipinski definition) is 2. The van der Waals surface area contributed by atoms with Crippen LogP contribution in [0.2, 0.25) is 0 Å². The van der Waals surface area contributed by atoms with Crippen LogP contribution in [-0.4, -0.2) is 27.5 Å². The number of nitrogens with two attached hydrogens (primary N) is 1. The number of nitrogens with zero attached hydrogens (tertiary/aromatic N) is 1. The van der Waals surface area contributed by atoms with Crippen LogP contribution in [0.3, 0.4) is 0 Å². The second-order valence-electron chi connectivity index (χ2n) is 5.44. The number of nitrogens with one attached hydrogen (secondary N) is 1. The quantitative estimate of drug-likeness (QED) is 0.871. The van der Waals surface area contributed by atoms with Crippen molar-refractivity contribution in [2.45, 2.75) is 44.4 Å². The minimum atomic E-state index is -0.0149. The van der Waals surface area contributed by atoms with E-state index in [2.05, 4.69) is 19.2 Å². The Bertz CT molecular complexity index is 450. The third-order valence-corrected chi connectivity index (χ3v) is 5.08. The number of rotatable bonds is 5. The normalized spacial score (nSPS) is 22.6. The molecule has 106 valence electrons. The minimum absolute atomic E-state index is 0.0149. The van der Waals surface area contributed by atoms with Gasteiger partial charge in [-0.25, -0.2) is 0 Å². The van der Waals surface area contributed by atoms with E-state index >= 15 is 0 Å². The van der Waals surface area contributed by atoms with Gasteiger partial charge in [0.2, 0.25) is 0 Å². The molecule has 1 aliphatic heterocycles. The van der Waals surface area contributed by atoms with Crippen molar-refractivity contribution in [3.05, 3.63) is 18.0 Å². The van der Waals surface area contributed by atoms with E-state index in [4.69, 9.17) is 5.73 Å². The Morgan fingerprint density at radius 1 is 1.63 bits per heavy atom.